The molecule has 0 fully saturated rings. The summed E-state index contributed by atoms with van der Waals surface area (Å²) in [5.41, 5.74) is 10.9. The Morgan fingerprint density at radius 2 is 0.796 bits per heavy atom. The fraction of sp³-hybridized carbons (Fsp3) is 0. The van der Waals surface area contributed by atoms with Gasteiger partial charge in [-0.2, -0.15) is 0 Å². The highest BCUT2D eigenvalue weighted by molar-refractivity contribution is 6.26. The second-order valence-corrected chi connectivity index (χ2v) is 14.3. The second kappa shape index (κ2) is 11.2. The highest BCUT2D eigenvalue weighted by atomic mass is 16.3. The first kappa shape index (κ1) is 29.4. The van der Waals surface area contributed by atoms with Crippen molar-refractivity contribution in [2.45, 2.75) is 0 Å². The largest absolute Gasteiger partial charge is 0.456 e. The quantitative estimate of drug-likeness (QED) is 0.173. The van der Waals surface area contributed by atoms with Crippen molar-refractivity contribution in [2.24, 2.45) is 0 Å². The van der Waals surface area contributed by atoms with Gasteiger partial charge in [0.1, 0.15) is 22.3 Å². The summed E-state index contributed by atoms with van der Waals surface area (Å²) in [6.45, 7) is 0. The van der Waals surface area contributed by atoms with E-state index in [2.05, 4.69) is 170 Å². The van der Waals surface area contributed by atoms with Crippen molar-refractivity contribution in [3.8, 4) is 33.4 Å². The second-order valence-electron chi connectivity index (χ2n) is 14.3. The smallest absolute Gasteiger partial charge is 0.143 e. The van der Waals surface area contributed by atoms with Crippen LogP contribution in [-0.2, 0) is 0 Å². The van der Waals surface area contributed by atoms with Gasteiger partial charge in [0.15, 0.2) is 0 Å². The third-order valence-electron chi connectivity index (χ3n) is 11.5. The minimum absolute atomic E-state index is 0.876. The summed E-state index contributed by atoms with van der Waals surface area (Å²) in [6, 6.07) is 65.6. The molecule has 54 heavy (non-hydrogen) atoms. The average molecular weight is 687 g/mol. The lowest BCUT2D eigenvalue weighted by atomic mass is 9.84. The minimum atomic E-state index is 0.876. The van der Waals surface area contributed by atoms with Gasteiger partial charge in [0, 0.05) is 26.9 Å². The highest BCUT2D eigenvalue weighted by Crippen LogP contribution is 2.47. The Morgan fingerprint density at radius 3 is 1.54 bits per heavy atom. The molecule has 12 aromatic rings. The van der Waals surface area contributed by atoms with Crippen molar-refractivity contribution in [1.82, 2.24) is 0 Å². The molecule has 0 saturated heterocycles. The Labute approximate surface area is 310 Å². The zero-order chi connectivity index (χ0) is 35.3. The van der Waals surface area contributed by atoms with E-state index in [1.165, 1.54) is 60.1 Å². The molecular weight excluding hydrogens is 657 g/mol. The number of rotatable bonds is 3. The molecule has 0 aliphatic carbocycles. The van der Waals surface area contributed by atoms with E-state index in [1.54, 1.807) is 0 Å². The first-order valence-electron chi connectivity index (χ1n) is 18.5. The van der Waals surface area contributed by atoms with Gasteiger partial charge < -0.3 is 8.83 Å². The molecule has 2 heterocycles. The zero-order valence-electron chi connectivity index (χ0n) is 29.1. The Kier molecular flexibility index (Phi) is 6.09. The summed E-state index contributed by atoms with van der Waals surface area (Å²) in [5, 5.41) is 14.2. The Balaban J connectivity index is 1.06. The fourth-order valence-corrected chi connectivity index (χ4v) is 9.13. The molecule has 0 atom stereocenters. The lowest BCUT2D eigenvalue weighted by molar-refractivity contribution is 0.669. The number of hydrogen-bond donors (Lipinski definition) is 0. The van der Waals surface area contributed by atoms with E-state index in [-0.39, 0.29) is 0 Å². The summed E-state index contributed by atoms with van der Waals surface area (Å²) < 4.78 is 13.0. The van der Waals surface area contributed by atoms with Crippen LogP contribution < -0.4 is 0 Å². The molecule has 2 aromatic heterocycles. The van der Waals surface area contributed by atoms with Crippen LogP contribution >= 0.6 is 0 Å². The molecule has 12 rings (SSSR count). The Morgan fingerprint density at radius 1 is 0.259 bits per heavy atom. The van der Waals surface area contributed by atoms with Gasteiger partial charge in [-0.1, -0.05) is 146 Å². The van der Waals surface area contributed by atoms with Gasteiger partial charge in [0.2, 0.25) is 0 Å². The van der Waals surface area contributed by atoms with Crippen LogP contribution in [0.15, 0.2) is 191 Å². The topological polar surface area (TPSA) is 26.3 Å². The molecule has 0 saturated carbocycles. The van der Waals surface area contributed by atoms with E-state index in [4.69, 9.17) is 8.83 Å². The molecule has 0 aliphatic rings. The van der Waals surface area contributed by atoms with E-state index >= 15 is 0 Å². The first-order chi connectivity index (χ1) is 26.8. The molecule has 0 bridgehead atoms. The molecule has 2 nitrogen and oxygen atoms in total. The summed E-state index contributed by atoms with van der Waals surface area (Å²) in [5.74, 6) is 0. The van der Waals surface area contributed by atoms with Gasteiger partial charge in [-0.3, -0.25) is 0 Å². The van der Waals surface area contributed by atoms with Crippen LogP contribution in [0, 0.1) is 0 Å². The summed E-state index contributed by atoms with van der Waals surface area (Å²) in [7, 11) is 0. The minimum Gasteiger partial charge on any atom is -0.456 e. The number of hydrogen-bond acceptors (Lipinski definition) is 2. The summed E-state index contributed by atoms with van der Waals surface area (Å²) in [4.78, 5) is 0. The van der Waals surface area contributed by atoms with Crippen LogP contribution in [0.1, 0.15) is 0 Å². The van der Waals surface area contributed by atoms with Crippen LogP contribution in [0.2, 0.25) is 0 Å². The Bertz CT molecular complexity index is 3430. The third kappa shape index (κ3) is 4.11. The van der Waals surface area contributed by atoms with Crippen LogP contribution in [0.4, 0.5) is 0 Å². The fourth-order valence-electron chi connectivity index (χ4n) is 9.13. The van der Waals surface area contributed by atoms with E-state index in [0.29, 0.717) is 0 Å². The molecule has 0 aliphatic heterocycles. The van der Waals surface area contributed by atoms with E-state index in [0.717, 1.165) is 60.2 Å². The molecule has 2 heteroatoms. The normalized spacial score (nSPS) is 12.1. The molecule has 10 aromatic carbocycles. The summed E-state index contributed by atoms with van der Waals surface area (Å²) in [6.07, 6.45) is 0. The monoisotopic (exact) mass is 686 g/mol. The maximum atomic E-state index is 6.61. The van der Waals surface area contributed by atoms with Crippen molar-refractivity contribution in [3.63, 3.8) is 0 Å². The molecular formula is C52H30O2. The maximum Gasteiger partial charge on any atom is 0.143 e. The molecule has 0 amide bonds. The molecule has 0 radical (unpaired) electrons. The van der Waals surface area contributed by atoms with E-state index < -0.39 is 0 Å². The van der Waals surface area contributed by atoms with Gasteiger partial charge in [-0.05, 0) is 107 Å². The number of benzene rings is 10. The molecule has 250 valence electrons. The average Bonchev–Trinajstić information content (AvgIpc) is 3.81. The van der Waals surface area contributed by atoms with Gasteiger partial charge in [0.05, 0.1) is 0 Å². The predicted molar refractivity (Wildman–Crippen MR) is 227 cm³/mol. The van der Waals surface area contributed by atoms with Gasteiger partial charge in [-0.25, -0.2) is 0 Å². The standard InChI is InChI=1S/C52H30O2/c1-2-12-31(13-3-1)49-37-17-6-8-19-39(37)50(40-20-9-7-18-38(40)49)41-25-24-33(34-14-4-5-15-35(34)41)32-22-23-45-48(30-32)53-47-29-28-44-42(51(45)47)26-27-43-36-16-10-11-21-46(36)54-52(43)44/h1-30H. The van der Waals surface area contributed by atoms with Crippen LogP contribution in [-0.4, -0.2) is 0 Å². The Hall–Kier alpha value is -7.16. The van der Waals surface area contributed by atoms with Gasteiger partial charge in [0.25, 0.3) is 0 Å². The van der Waals surface area contributed by atoms with Crippen LogP contribution in [0.5, 0.6) is 0 Å². The number of para-hydroxylation sites is 1. The van der Waals surface area contributed by atoms with Crippen molar-refractivity contribution in [1.29, 1.82) is 0 Å². The number of fused-ring (bicyclic) bond motifs is 12. The SMILES string of the molecule is c1ccc(-c2c3ccccc3c(-c3ccc(-c4ccc5c(c4)oc4ccc6c(ccc7c8ccccc8oc76)c45)c4ccccc34)c3ccccc23)cc1. The lowest BCUT2D eigenvalue weighted by Crippen LogP contribution is -1.92. The third-order valence-corrected chi connectivity index (χ3v) is 11.5. The van der Waals surface area contributed by atoms with Gasteiger partial charge >= 0.3 is 0 Å². The van der Waals surface area contributed by atoms with E-state index in [9.17, 15) is 0 Å². The summed E-state index contributed by atoms with van der Waals surface area (Å²) >= 11 is 0. The van der Waals surface area contributed by atoms with Crippen molar-refractivity contribution in [2.75, 3.05) is 0 Å². The van der Waals surface area contributed by atoms with E-state index in [1.807, 2.05) is 12.1 Å². The van der Waals surface area contributed by atoms with Crippen LogP contribution in [0.25, 0.3) is 120 Å². The van der Waals surface area contributed by atoms with Crippen molar-refractivity contribution in [3.05, 3.63) is 182 Å². The van der Waals surface area contributed by atoms with Crippen LogP contribution in [0.3, 0.4) is 0 Å². The first-order valence-corrected chi connectivity index (χ1v) is 18.5. The lowest BCUT2D eigenvalue weighted by Gasteiger charge is -2.19. The zero-order valence-corrected chi connectivity index (χ0v) is 29.1. The van der Waals surface area contributed by atoms with Crippen molar-refractivity contribution >= 4 is 87.0 Å². The van der Waals surface area contributed by atoms with Crippen molar-refractivity contribution < 1.29 is 8.83 Å². The number of furan rings is 2. The maximum absolute atomic E-state index is 6.61. The highest BCUT2D eigenvalue weighted by Gasteiger charge is 2.20. The molecule has 0 unspecified atom stereocenters. The van der Waals surface area contributed by atoms with Gasteiger partial charge in [-0.15, -0.1) is 0 Å². The predicted octanol–water partition coefficient (Wildman–Crippen LogP) is 15.1. The molecule has 0 spiro atoms. The molecule has 0 N–H and O–H groups in total.